The first-order valence-electron chi connectivity index (χ1n) is 12.2. The van der Waals surface area contributed by atoms with Crippen LogP contribution in [0.3, 0.4) is 0 Å². The Morgan fingerprint density at radius 1 is 1.03 bits per heavy atom. The molecule has 10 nitrogen and oxygen atoms in total. The van der Waals surface area contributed by atoms with Crippen molar-refractivity contribution in [3.8, 4) is 11.5 Å². The molecule has 6 rings (SSSR count). The molecule has 1 atom stereocenters. The van der Waals surface area contributed by atoms with E-state index in [0.717, 1.165) is 18.3 Å². The largest absolute Gasteiger partial charge is 0.484 e. The summed E-state index contributed by atoms with van der Waals surface area (Å²) in [6, 6.07) is 4.54. The lowest BCUT2D eigenvalue weighted by Crippen LogP contribution is -2.70. The van der Waals surface area contributed by atoms with Gasteiger partial charge in [0.05, 0.1) is 34.9 Å². The van der Waals surface area contributed by atoms with Gasteiger partial charge in [0.25, 0.3) is 11.8 Å². The Morgan fingerprint density at radius 3 is 2.36 bits per heavy atom. The number of ether oxygens (including phenoxy) is 2. The molecule has 3 aromatic rings. The fourth-order valence-corrected chi connectivity index (χ4v) is 5.30. The fraction of sp³-hybridized carbons (Fsp3) is 0.440. The average Bonchev–Trinajstić information content (AvgIpc) is 3.37. The zero-order valence-corrected chi connectivity index (χ0v) is 20.5. The van der Waals surface area contributed by atoms with Crippen LogP contribution in [0.4, 0.5) is 17.6 Å². The second-order valence-corrected chi connectivity index (χ2v) is 9.94. The number of aliphatic hydroxyl groups excluding tert-OH is 1. The number of amides is 2. The van der Waals surface area contributed by atoms with Crippen LogP contribution in [0.1, 0.15) is 37.8 Å². The van der Waals surface area contributed by atoms with Crippen LogP contribution in [0.5, 0.6) is 11.5 Å². The number of pyridine rings is 1. The molecule has 2 bridgehead atoms. The number of hydrogen-bond donors (Lipinski definition) is 4. The molecule has 3 aliphatic rings. The number of carbonyl (C=O) groups is 2. The minimum Gasteiger partial charge on any atom is -0.484 e. The van der Waals surface area contributed by atoms with Crippen molar-refractivity contribution in [2.45, 2.75) is 55.5 Å². The van der Waals surface area contributed by atoms with Crippen molar-refractivity contribution in [1.82, 2.24) is 25.8 Å². The highest BCUT2D eigenvalue weighted by atomic mass is 19.4. The van der Waals surface area contributed by atoms with E-state index in [2.05, 4.69) is 25.8 Å². The van der Waals surface area contributed by atoms with E-state index < -0.39 is 53.3 Å². The third kappa shape index (κ3) is 5.60. The number of H-pyrrole nitrogens is 1. The molecule has 208 valence electrons. The van der Waals surface area contributed by atoms with Gasteiger partial charge in [-0.1, -0.05) is 0 Å². The number of aromatic nitrogens is 3. The highest BCUT2D eigenvalue weighted by molar-refractivity contribution is 5.81. The van der Waals surface area contributed by atoms with Crippen molar-refractivity contribution >= 4 is 22.7 Å². The maximum absolute atomic E-state index is 14.1. The molecule has 39 heavy (non-hydrogen) atoms. The number of hydrogen-bond acceptors (Lipinski definition) is 7. The Hall–Kier alpha value is -3.94. The van der Waals surface area contributed by atoms with Crippen LogP contribution in [-0.2, 0) is 15.8 Å². The summed E-state index contributed by atoms with van der Waals surface area (Å²) in [5.41, 5.74) is -2.21. The number of aromatic amines is 1. The summed E-state index contributed by atoms with van der Waals surface area (Å²) in [5, 5.41) is 23.4. The van der Waals surface area contributed by atoms with Gasteiger partial charge >= 0.3 is 6.18 Å². The number of nitrogens with zero attached hydrogens (tertiary/aromatic N) is 2. The van der Waals surface area contributed by atoms with Gasteiger partial charge in [0.15, 0.2) is 13.2 Å². The maximum Gasteiger partial charge on any atom is 0.433 e. The van der Waals surface area contributed by atoms with Crippen LogP contribution in [0.25, 0.3) is 10.9 Å². The second-order valence-electron chi connectivity index (χ2n) is 9.94. The molecule has 2 aromatic heterocycles. The van der Waals surface area contributed by atoms with E-state index in [9.17, 15) is 32.3 Å². The van der Waals surface area contributed by atoms with Gasteiger partial charge in [0.1, 0.15) is 23.0 Å². The Bertz CT molecular complexity index is 1370. The molecule has 3 saturated carbocycles. The Morgan fingerprint density at radius 2 is 1.72 bits per heavy atom. The molecule has 1 unspecified atom stereocenters. The minimum atomic E-state index is -4.58. The SMILES string of the molecule is O=C(COc1cc(F)c2cn[nH]c2c1)NC12CCC(NC(=O)COc3ccc(C(F)(F)F)nc3)(CC1)C(O)C2. The van der Waals surface area contributed by atoms with E-state index in [4.69, 9.17) is 9.47 Å². The van der Waals surface area contributed by atoms with Crippen LogP contribution in [0.2, 0.25) is 0 Å². The van der Waals surface area contributed by atoms with Gasteiger partial charge < -0.3 is 25.2 Å². The molecule has 0 spiro atoms. The predicted octanol–water partition coefficient (Wildman–Crippen LogP) is 2.62. The first-order valence-corrected chi connectivity index (χ1v) is 12.2. The van der Waals surface area contributed by atoms with Gasteiger partial charge in [-0.2, -0.15) is 18.3 Å². The lowest BCUT2D eigenvalue weighted by molar-refractivity contribution is -0.141. The summed E-state index contributed by atoms with van der Waals surface area (Å²) < 4.78 is 62.7. The summed E-state index contributed by atoms with van der Waals surface area (Å²) >= 11 is 0. The maximum atomic E-state index is 14.1. The van der Waals surface area contributed by atoms with Gasteiger partial charge in [-0.3, -0.25) is 14.7 Å². The number of nitrogens with one attached hydrogen (secondary N) is 3. The molecule has 3 aliphatic carbocycles. The average molecular weight is 551 g/mol. The molecule has 4 N–H and O–H groups in total. The smallest absolute Gasteiger partial charge is 0.433 e. The van der Waals surface area contributed by atoms with Gasteiger partial charge in [-0.05, 0) is 44.2 Å². The number of benzene rings is 1. The number of rotatable bonds is 8. The highest BCUT2D eigenvalue weighted by Gasteiger charge is 2.55. The number of fused-ring (bicyclic) bond motifs is 4. The standard InChI is InChI=1S/C25H25F4N5O5/c26-17-7-15(8-18-16(17)11-31-34-18)39-12-21(36)32-23-3-5-24(6-4-23,20(35)9-23)33-22(37)13-38-14-1-2-19(30-10-14)25(27,28)29/h1-2,7-8,10-11,20,35H,3-6,9,12-13H2,(H,31,34)(H,32,36)(H,33,37). The van der Waals surface area contributed by atoms with Crippen molar-refractivity contribution in [2.75, 3.05) is 13.2 Å². The molecule has 2 amide bonds. The van der Waals surface area contributed by atoms with Gasteiger partial charge in [-0.15, -0.1) is 0 Å². The highest BCUT2D eigenvalue weighted by Crippen LogP contribution is 2.47. The van der Waals surface area contributed by atoms with E-state index in [0.29, 0.717) is 36.6 Å². The summed E-state index contributed by atoms with van der Waals surface area (Å²) in [5.74, 6) is -1.33. The summed E-state index contributed by atoms with van der Waals surface area (Å²) in [6.07, 6.45) is -1.31. The van der Waals surface area contributed by atoms with E-state index in [1.807, 2.05) is 0 Å². The van der Waals surface area contributed by atoms with E-state index >= 15 is 0 Å². The Labute approximate surface area is 219 Å². The molecule has 2 heterocycles. The minimum absolute atomic E-state index is 0.000316. The lowest BCUT2D eigenvalue weighted by atomic mass is 9.60. The number of aliphatic hydroxyl groups is 1. The quantitative estimate of drug-likeness (QED) is 0.316. The summed E-state index contributed by atoms with van der Waals surface area (Å²) in [4.78, 5) is 28.5. The van der Waals surface area contributed by atoms with Crippen LogP contribution in [0.15, 0.2) is 36.7 Å². The molecule has 1 aromatic carbocycles. The first kappa shape index (κ1) is 26.7. The van der Waals surface area contributed by atoms with Crippen molar-refractivity contribution in [3.05, 3.63) is 48.2 Å². The van der Waals surface area contributed by atoms with Crippen LogP contribution in [-0.4, -0.2) is 62.5 Å². The zero-order valence-electron chi connectivity index (χ0n) is 20.5. The molecular formula is C25H25F4N5O5. The Kier molecular flexibility index (Phi) is 6.83. The van der Waals surface area contributed by atoms with Crippen molar-refractivity contribution in [3.63, 3.8) is 0 Å². The topological polar surface area (TPSA) is 138 Å². The molecule has 3 fully saturated rings. The van der Waals surface area contributed by atoms with Gasteiger partial charge in [-0.25, -0.2) is 9.37 Å². The number of alkyl halides is 3. The van der Waals surface area contributed by atoms with E-state index in [-0.39, 0.29) is 24.5 Å². The van der Waals surface area contributed by atoms with Crippen molar-refractivity contribution in [1.29, 1.82) is 0 Å². The molecule has 0 aliphatic heterocycles. The molecular weight excluding hydrogens is 526 g/mol. The fourth-order valence-electron chi connectivity index (χ4n) is 5.30. The normalized spacial score (nSPS) is 24.4. The van der Waals surface area contributed by atoms with Crippen LogP contribution >= 0.6 is 0 Å². The van der Waals surface area contributed by atoms with Crippen molar-refractivity contribution < 1.29 is 41.7 Å². The monoisotopic (exact) mass is 551 g/mol. The summed E-state index contributed by atoms with van der Waals surface area (Å²) in [7, 11) is 0. The van der Waals surface area contributed by atoms with Crippen LogP contribution < -0.4 is 20.1 Å². The molecule has 0 radical (unpaired) electrons. The zero-order chi connectivity index (χ0) is 27.8. The molecule has 14 heteroatoms. The number of halogens is 4. The Balaban J connectivity index is 1.11. The third-order valence-corrected chi connectivity index (χ3v) is 7.36. The third-order valence-electron chi connectivity index (χ3n) is 7.36. The second kappa shape index (κ2) is 9.98. The van der Waals surface area contributed by atoms with E-state index in [1.54, 1.807) is 0 Å². The van der Waals surface area contributed by atoms with Crippen molar-refractivity contribution in [2.24, 2.45) is 0 Å². The number of carbonyl (C=O) groups excluding carboxylic acids is 2. The molecule has 0 saturated heterocycles. The first-order chi connectivity index (χ1) is 18.5. The van der Waals surface area contributed by atoms with Gasteiger partial charge in [0.2, 0.25) is 0 Å². The lowest BCUT2D eigenvalue weighted by Gasteiger charge is -2.56. The predicted molar refractivity (Wildman–Crippen MR) is 127 cm³/mol. The summed E-state index contributed by atoms with van der Waals surface area (Å²) in [6.45, 7) is -0.819. The van der Waals surface area contributed by atoms with Gasteiger partial charge in [0, 0.05) is 17.7 Å². The van der Waals surface area contributed by atoms with E-state index in [1.165, 1.54) is 18.3 Å². The van der Waals surface area contributed by atoms with Crippen LogP contribution in [0, 0.1) is 5.82 Å².